The van der Waals surface area contributed by atoms with Gasteiger partial charge in [0, 0.05) is 40.7 Å². The number of nitrogens with zero attached hydrogens (tertiary/aromatic N) is 1. The normalized spacial score (nSPS) is 22.3. The molecule has 3 heterocycles. The van der Waals surface area contributed by atoms with Gasteiger partial charge < -0.3 is 10.2 Å². The molecule has 1 N–H and O–H groups in total. The quantitative estimate of drug-likeness (QED) is 0.778. The van der Waals surface area contributed by atoms with Crippen molar-refractivity contribution in [1.82, 2.24) is 10.2 Å². The van der Waals surface area contributed by atoms with Crippen LogP contribution in [0.25, 0.3) is 0 Å². The number of rotatable bonds is 4. The number of amides is 1. The van der Waals surface area contributed by atoms with Gasteiger partial charge in [0.25, 0.3) is 5.91 Å². The molecule has 2 unspecified atom stereocenters. The van der Waals surface area contributed by atoms with Crippen molar-refractivity contribution in [1.29, 1.82) is 0 Å². The molecule has 6 heteroatoms. The lowest BCUT2D eigenvalue weighted by Gasteiger charge is -2.25. The van der Waals surface area contributed by atoms with Crippen molar-refractivity contribution < 1.29 is 4.79 Å². The molecule has 1 aromatic heterocycles. The number of thioether (sulfide) groups is 1. The summed E-state index contributed by atoms with van der Waals surface area (Å²) in [7, 11) is 0. The first kappa shape index (κ1) is 18.8. The van der Waals surface area contributed by atoms with Gasteiger partial charge in [0.1, 0.15) is 0 Å². The molecule has 0 spiro atoms. The fraction of sp³-hybridized carbons (Fsp3) is 0.421. The summed E-state index contributed by atoms with van der Waals surface area (Å²) in [6, 6.07) is 13.4. The predicted molar refractivity (Wildman–Crippen MR) is 108 cm³/mol. The number of halogens is 1. The standard InChI is InChI=1S/C19H22N2OS2.ClH/c22-19(21-10-9-14-7-8-15(12-21)20-14)17-5-1-2-6-18(17)24-13-16-4-3-11-23-16;/h1-6,11,14-15,20H,7-10,12-13H2;1H. The summed E-state index contributed by atoms with van der Waals surface area (Å²) in [5.74, 6) is 1.12. The van der Waals surface area contributed by atoms with Crippen LogP contribution in [-0.4, -0.2) is 36.0 Å². The Morgan fingerprint density at radius 2 is 2.00 bits per heavy atom. The first-order valence-electron chi connectivity index (χ1n) is 8.59. The molecule has 0 aliphatic carbocycles. The van der Waals surface area contributed by atoms with Crippen LogP contribution < -0.4 is 5.32 Å². The maximum atomic E-state index is 13.1. The van der Waals surface area contributed by atoms with Crippen LogP contribution >= 0.6 is 35.5 Å². The van der Waals surface area contributed by atoms with Crippen molar-refractivity contribution in [3.63, 3.8) is 0 Å². The van der Waals surface area contributed by atoms with Crippen molar-refractivity contribution >= 4 is 41.4 Å². The van der Waals surface area contributed by atoms with Crippen LogP contribution in [0, 0.1) is 0 Å². The van der Waals surface area contributed by atoms with Crippen LogP contribution in [0.3, 0.4) is 0 Å². The smallest absolute Gasteiger partial charge is 0.255 e. The Morgan fingerprint density at radius 1 is 1.16 bits per heavy atom. The Labute approximate surface area is 163 Å². The second kappa shape index (κ2) is 8.58. The number of carbonyl (C=O) groups is 1. The Balaban J connectivity index is 0.00000182. The van der Waals surface area contributed by atoms with Crippen molar-refractivity contribution in [2.45, 2.75) is 42.0 Å². The van der Waals surface area contributed by atoms with Crippen LogP contribution in [0.4, 0.5) is 0 Å². The number of fused-ring (bicyclic) bond motifs is 2. The summed E-state index contributed by atoms with van der Waals surface area (Å²) in [6.07, 6.45) is 3.54. The highest BCUT2D eigenvalue weighted by Gasteiger charge is 2.31. The molecule has 2 fully saturated rings. The van der Waals surface area contributed by atoms with E-state index in [1.807, 2.05) is 18.2 Å². The SMILES string of the molecule is Cl.O=C(c1ccccc1SCc1cccs1)N1CCC2CCC(C1)N2. The van der Waals surface area contributed by atoms with E-state index in [0.29, 0.717) is 12.1 Å². The Hall–Kier alpha value is -1.01. The van der Waals surface area contributed by atoms with Crippen molar-refractivity contribution in [3.05, 3.63) is 52.2 Å². The zero-order chi connectivity index (χ0) is 16.4. The highest BCUT2D eigenvalue weighted by atomic mass is 35.5. The number of hydrogen-bond donors (Lipinski definition) is 1. The Kier molecular flexibility index (Phi) is 6.44. The van der Waals surface area contributed by atoms with Gasteiger partial charge in [-0.25, -0.2) is 0 Å². The Bertz CT molecular complexity index is 707. The summed E-state index contributed by atoms with van der Waals surface area (Å²) in [6.45, 7) is 1.72. The van der Waals surface area contributed by atoms with E-state index in [2.05, 4.69) is 33.8 Å². The van der Waals surface area contributed by atoms with E-state index in [9.17, 15) is 4.79 Å². The summed E-state index contributed by atoms with van der Waals surface area (Å²) in [4.78, 5) is 17.6. The molecule has 2 aliphatic heterocycles. The fourth-order valence-electron chi connectivity index (χ4n) is 3.61. The van der Waals surface area contributed by atoms with Gasteiger partial charge in [0.2, 0.25) is 0 Å². The van der Waals surface area contributed by atoms with Gasteiger partial charge in [-0.3, -0.25) is 4.79 Å². The molecule has 0 saturated carbocycles. The summed E-state index contributed by atoms with van der Waals surface area (Å²) in [5.41, 5.74) is 0.858. The average Bonchev–Trinajstić information content (AvgIpc) is 3.22. The molecule has 1 amide bonds. The lowest BCUT2D eigenvalue weighted by Crippen LogP contribution is -2.39. The lowest BCUT2D eigenvalue weighted by atomic mass is 10.1. The van der Waals surface area contributed by atoms with E-state index < -0.39 is 0 Å². The van der Waals surface area contributed by atoms with E-state index >= 15 is 0 Å². The van der Waals surface area contributed by atoms with Crippen LogP contribution in [-0.2, 0) is 5.75 Å². The van der Waals surface area contributed by atoms with Crippen LogP contribution in [0.2, 0.25) is 0 Å². The van der Waals surface area contributed by atoms with Gasteiger partial charge in [0.05, 0.1) is 5.56 Å². The maximum Gasteiger partial charge on any atom is 0.255 e. The minimum absolute atomic E-state index is 0. The molecule has 2 aliphatic rings. The second-order valence-electron chi connectivity index (χ2n) is 6.54. The highest BCUT2D eigenvalue weighted by Crippen LogP contribution is 2.29. The molecule has 3 nitrogen and oxygen atoms in total. The van der Waals surface area contributed by atoms with E-state index in [1.165, 1.54) is 17.7 Å². The van der Waals surface area contributed by atoms with Gasteiger partial charge in [-0.05, 0) is 42.8 Å². The number of hydrogen-bond acceptors (Lipinski definition) is 4. The number of carbonyl (C=O) groups excluding carboxylic acids is 1. The van der Waals surface area contributed by atoms with Gasteiger partial charge in [-0.1, -0.05) is 18.2 Å². The number of thiophene rings is 1. The van der Waals surface area contributed by atoms with Crippen LogP contribution in [0.1, 0.15) is 34.5 Å². The van der Waals surface area contributed by atoms with Gasteiger partial charge in [-0.15, -0.1) is 35.5 Å². The molecule has 2 saturated heterocycles. The largest absolute Gasteiger partial charge is 0.337 e. The summed E-state index contributed by atoms with van der Waals surface area (Å²) in [5, 5.41) is 5.75. The first-order valence-corrected chi connectivity index (χ1v) is 10.5. The summed E-state index contributed by atoms with van der Waals surface area (Å²) < 4.78 is 0. The van der Waals surface area contributed by atoms with E-state index in [0.717, 1.165) is 35.7 Å². The van der Waals surface area contributed by atoms with E-state index in [4.69, 9.17) is 0 Å². The molecule has 2 aromatic rings. The zero-order valence-corrected chi connectivity index (χ0v) is 16.5. The van der Waals surface area contributed by atoms with Gasteiger partial charge in [-0.2, -0.15) is 0 Å². The number of nitrogens with one attached hydrogen (secondary N) is 1. The van der Waals surface area contributed by atoms with E-state index in [-0.39, 0.29) is 18.3 Å². The van der Waals surface area contributed by atoms with Gasteiger partial charge in [0.15, 0.2) is 0 Å². The summed E-state index contributed by atoms with van der Waals surface area (Å²) >= 11 is 3.54. The highest BCUT2D eigenvalue weighted by molar-refractivity contribution is 7.98. The molecule has 2 bridgehead atoms. The van der Waals surface area contributed by atoms with Crippen molar-refractivity contribution in [2.75, 3.05) is 13.1 Å². The molecule has 1 aromatic carbocycles. The minimum Gasteiger partial charge on any atom is -0.337 e. The molecule has 2 atom stereocenters. The molecule has 4 rings (SSSR count). The van der Waals surface area contributed by atoms with Crippen LogP contribution in [0.15, 0.2) is 46.7 Å². The van der Waals surface area contributed by atoms with Gasteiger partial charge >= 0.3 is 0 Å². The minimum atomic E-state index is 0. The predicted octanol–water partition coefficient (Wildman–Crippen LogP) is 4.43. The third-order valence-corrected chi connectivity index (χ3v) is 7.06. The van der Waals surface area contributed by atoms with Crippen LogP contribution in [0.5, 0.6) is 0 Å². The molecule has 25 heavy (non-hydrogen) atoms. The molecular formula is C19H23ClN2OS2. The van der Waals surface area contributed by atoms with Crippen molar-refractivity contribution in [2.24, 2.45) is 0 Å². The first-order chi connectivity index (χ1) is 11.8. The second-order valence-corrected chi connectivity index (χ2v) is 8.59. The third kappa shape index (κ3) is 4.40. The topological polar surface area (TPSA) is 32.3 Å². The number of likely N-dealkylation sites (tertiary alicyclic amines) is 1. The molecule has 134 valence electrons. The Morgan fingerprint density at radius 3 is 2.84 bits per heavy atom. The average molecular weight is 395 g/mol. The zero-order valence-electron chi connectivity index (χ0n) is 14.0. The fourth-order valence-corrected chi connectivity index (χ4v) is 5.43. The van der Waals surface area contributed by atoms with Crippen molar-refractivity contribution in [3.8, 4) is 0 Å². The maximum absolute atomic E-state index is 13.1. The number of benzene rings is 1. The molecular weight excluding hydrogens is 372 g/mol. The third-order valence-electron chi connectivity index (χ3n) is 4.88. The van der Waals surface area contributed by atoms with E-state index in [1.54, 1.807) is 23.1 Å². The molecule has 0 radical (unpaired) electrons. The lowest BCUT2D eigenvalue weighted by molar-refractivity contribution is 0.0744. The monoisotopic (exact) mass is 394 g/mol.